The molecule has 0 spiro atoms. The number of nitrogens with one attached hydrogen (secondary N) is 1. The zero-order valence-electron chi connectivity index (χ0n) is 11.7. The number of hydrogen-bond donors (Lipinski definition) is 1. The molecule has 1 atom stereocenters. The van der Waals surface area contributed by atoms with Crippen molar-refractivity contribution in [2.45, 2.75) is 17.9 Å². The van der Waals surface area contributed by atoms with E-state index in [1.54, 1.807) is 23.9 Å². The zero-order valence-corrected chi connectivity index (χ0v) is 14.8. The summed E-state index contributed by atoms with van der Waals surface area (Å²) in [4.78, 5) is 13.5. The Hall–Kier alpha value is -0.970. The van der Waals surface area contributed by atoms with E-state index in [0.717, 1.165) is 5.56 Å². The zero-order chi connectivity index (χ0) is 15.4. The molecule has 0 fully saturated rings. The monoisotopic (exact) mass is 383 g/mol. The Kier molecular flexibility index (Phi) is 5.73. The first-order chi connectivity index (χ1) is 10.0. The Morgan fingerprint density at radius 3 is 2.52 bits per heavy atom. The highest BCUT2D eigenvalue weighted by Gasteiger charge is 2.15. The summed E-state index contributed by atoms with van der Waals surface area (Å²) >= 11 is 11.2. The third-order valence-electron chi connectivity index (χ3n) is 3.16. The first kappa shape index (κ1) is 16.4. The molecule has 0 aliphatic heterocycles. The van der Waals surface area contributed by atoms with Crippen LogP contribution in [0.5, 0.6) is 0 Å². The maximum atomic E-state index is 12.3. The van der Waals surface area contributed by atoms with E-state index in [1.165, 1.54) is 4.90 Å². The van der Waals surface area contributed by atoms with E-state index < -0.39 is 0 Å². The molecular weight excluding hydrogens is 370 g/mol. The lowest BCUT2D eigenvalue weighted by Crippen LogP contribution is -2.26. The third-order valence-corrected chi connectivity index (χ3v) is 5.20. The van der Waals surface area contributed by atoms with E-state index in [4.69, 9.17) is 11.6 Å². The van der Waals surface area contributed by atoms with Crippen LogP contribution in [-0.2, 0) is 0 Å². The number of hydrogen-bond acceptors (Lipinski definition) is 2. The number of carbonyl (C=O) groups excluding carboxylic acids is 1. The Morgan fingerprint density at radius 1 is 1.24 bits per heavy atom. The largest absolute Gasteiger partial charge is 0.345 e. The highest BCUT2D eigenvalue weighted by atomic mass is 79.9. The van der Waals surface area contributed by atoms with Gasteiger partial charge in [0.25, 0.3) is 5.91 Å². The van der Waals surface area contributed by atoms with Crippen molar-refractivity contribution in [2.75, 3.05) is 6.26 Å². The summed E-state index contributed by atoms with van der Waals surface area (Å²) in [5, 5.41) is 3.40. The number of benzene rings is 2. The van der Waals surface area contributed by atoms with E-state index in [1.807, 2.05) is 31.4 Å². The fourth-order valence-corrected chi connectivity index (χ4v) is 2.92. The van der Waals surface area contributed by atoms with E-state index in [2.05, 4.69) is 33.4 Å². The fourth-order valence-electron chi connectivity index (χ4n) is 1.93. The molecule has 1 N–H and O–H groups in total. The lowest BCUT2D eigenvalue weighted by molar-refractivity contribution is 0.0940. The van der Waals surface area contributed by atoms with Crippen LogP contribution < -0.4 is 5.32 Å². The highest BCUT2D eigenvalue weighted by Crippen LogP contribution is 2.26. The Morgan fingerprint density at radius 2 is 1.90 bits per heavy atom. The van der Waals surface area contributed by atoms with Crippen molar-refractivity contribution < 1.29 is 4.79 Å². The molecule has 0 saturated heterocycles. The van der Waals surface area contributed by atoms with Gasteiger partial charge in [-0.1, -0.05) is 29.8 Å². The summed E-state index contributed by atoms with van der Waals surface area (Å²) in [6.07, 6.45) is 2.04. The lowest BCUT2D eigenvalue weighted by atomic mass is 10.1. The normalized spacial score (nSPS) is 12.0. The van der Waals surface area contributed by atoms with Gasteiger partial charge in [-0.3, -0.25) is 4.79 Å². The summed E-state index contributed by atoms with van der Waals surface area (Å²) < 4.78 is 0.716. The minimum absolute atomic E-state index is 0.0801. The van der Waals surface area contributed by atoms with Crippen LogP contribution in [0.1, 0.15) is 28.9 Å². The molecule has 110 valence electrons. The summed E-state index contributed by atoms with van der Waals surface area (Å²) in [6, 6.07) is 13.4. The van der Waals surface area contributed by atoms with Gasteiger partial charge in [0.1, 0.15) is 0 Å². The second-order valence-electron chi connectivity index (χ2n) is 4.57. The summed E-state index contributed by atoms with van der Waals surface area (Å²) in [6.45, 7) is 1.96. The van der Waals surface area contributed by atoms with Gasteiger partial charge >= 0.3 is 0 Å². The standard InChI is InChI=1S/C16H15BrClNOS/c1-10(11-6-8-12(21-2)9-7-11)19-16(20)13-4-3-5-14(17)15(13)18/h3-10H,1-2H3,(H,19,20). The van der Waals surface area contributed by atoms with Gasteiger partial charge in [-0.05, 0) is 58.9 Å². The van der Waals surface area contributed by atoms with E-state index in [-0.39, 0.29) is 11.9 Å². The molecule has 2 rings (SSSR count). The molecule has 2 nitrogen and oxygen atoms in total. The van der Waals surface area contributed by atoms with Gasteiger partial charge in [-0.15, -0.1) is 11.8 Å². The molecule has 0 heterocycles. The van der Waals surface area contributed by atoms with Gasteiger partial charge in [0, 0.05) is 9.37 Å². The number of carbonyl (C=O) groups is 1. The second kappa shape index (κ2) is 7.34. The van der Waals surface area contributed by atoms with Gasteiger partial charge in [0.2, 0.25) is 0 Å². The molecule has 0 saturated carbocycles. The van der Waals surface area contributed by atoms with Crippen molar-refractivity contribution in [2.24, 2.45) is 0 Å². The first-order valence-electron chi connectivity index (χ1n) is 6.41. The Bertz CT molecular complexity index is 645. The molecule has 1 amide bonds. The quantitative estimate of drug-likeness (QED) is 0.723. The van der Waals surface area contributed by atoms with Crippen molar-refractivity contribution in [1.82, 2.24) is 5.32 Å². The highest BCUT2D eigenvalue weighted by molar-refractivity contribution is 9.10. The van der Waals surface area contributed by atoms with Crippen LogP contribution in [0.25, 0.3) is 0 Å². The molecular formula is C16H15BrClNOS. The van der Waals surface area contributed by atoms with Gasteiger partial charge in [-0.2, -0.15) is 0 Å². The molecule has 21 heavy (non-hydrogen) atoms. The van der Waals surface area contributed by atoms with Crippen molar-refractivity contribution in [3.05, 3.63) is 63.1 Å². The average Bonchev–Trinajstić information content (AvgIpc) is 2.50. The van der Waals surface area contributed by atoms with Crippen molar-refractivity contribution in [1.29, 1.82) is 0 Å². The lowest BCUT2D eigenvalue weighted by Gasteiger charge is -2.15. The number of rotatable bonds is 4. The maximum Gasteiger partial charge on any atom is 0.253 e. The van der Waals surface area contributed by atoms with Gasteiger partial charge in [0.05, 0.1) is 16.6 Å². The van der Waals surface area contributed by atoms with Crippen molar-refractivity contribution in [3.63, 3.8) is 0 Å². The van der Waals surface area contributed by atoms with Crippen LogP contribution in [-0.4, -0.2) is 12.2 Å². The Balaban J connectivity index is 2.12. The molecule has 0 bridgehead atoms. The van der Waals surface area contributed by atoms with Crippen LogP contribution in [0.3, 0.4) is 0 Å². The molecule has 5 heteroatoms. The molecule has 0 radical (unpaired) electrons. The SMILES string of the molecule is CSc1ccc(C(C)NC(=O)c2cccc(Br)c2Cl)cc1. The average molecular weight is 385 g/mol. The topological polar surface area (TPSA) is 29.1 Å². The maximum absolute atomic E-state index is 12.3. The fraction of sp³-hybridized carbons (Fsp3) is 0.188. The Labute approximate surface area is 142 Å². The molecule has 2 aromatic rings. The van der Waals surface area contributed by atoms with E-state index in [0.29, 0.717) is 15.1 Å². The van der Waals surface area contributed by atoms with Crippen molar-refractivity contribution in [3.8, 4) is 0 Å². The minimum Gasteiger partial charge on any atom is -0.345 e. The minimum atomic E-state index is -0.178. The number of halogens is 2. The van der Waals surface area contributed by atoms with Gasteiger partial charge in [-0.25, -0.2) is 0 Å². The smallest absolute Gasteiger partial charge is 0.253 e. The third kappa shape index (κ3) is 4.02. The van der Waals surface area contributed by atoms with Crippen LogP contribution in [0.4, 0.5) is 0 Å². The predicted molar refractivity (Wildman–Crippen MR) is 93.3 cm³/mol. The molecule has 0 aromatic heterocycles. The van der Waals surface area contributed by atoms with Gasteiger partial charge < -0.3 is 5.32 Å². The second-order valence-corrected chi connectivity index (χ2v) is 6.68. The van der Waals surface area contributed by atoms with Crippen LogP contribution >= 0.6 is 39.3 Å². The molecule has 0 aliphatic rings. The van der Waals surface area contributed by atoms with Crippen molar-refractivity contribution >= 4 is 45.2 Å². The molecule has 2 aromatic carbocycles. The van der Waals surface area contributed by atoms with Gasteiger partial charge in [0.15, 0.2) is 0 Å². The predicted octanol–water partition coefficient (Wildman–Crippen LogP) is 5.32. The number of thioether (sulfide) groups is 1. The summed E-state index contributed by atoms with van der Waals surface area (Å²) in [5.41, 5.74) is 1.53. The molecule has 1 unspecified atom stereocenters. The summed E-state index contributed by atoms with van der Waals surface area (Å²) in [7, 11) is 0. The van der Waals surface area contributed by atoms with E-state index >= 15 is 0 Å². The van der Waals surface area contributed by atoms with Crippen LogP contribution in [0, 0.1) is 0 Å². The summed E-state index contributed by atoms with van der Waals surface area (Å²) in [5.74, 6) is -0.178. The van der Waals surface area contributed by atoms with Crippen LogP contribution in [0.2, 0.25) is 5.02 Å². The van der Waals surface area contributed by atoms with Crippen LogP contribution in [0.15, 0.2) is 51.8 Å². The number of amides is 1. The first-order valence-corrected chi connectivity index (χ1v) is 8.81. The molecule has 0 aliphatic carbocycles. The van der Waals surface area contributed by atoms with E-state index in [9.17, 15) is 4.79 Å².